The third-order valence-electron chi connectivity index (χ3n) is 2.02. The fraction of sp³-hybridized carbons (Fsp3) is 0.500. The molecule has 0 radical (unpaired) electrons. The van der Waals surface area contributed by atoms with Crippen molar-refractivity contribution >= 4 is 0 Å². The van der Waals surface area contributed by atoms with Crippen molar-refractivity contribution in [1.82, 2.24) is 4.57 Å². The minimum Gasteiger partial charge on any atom is -0.306 e. The van der Waals surface area contributed by atoms with Gasteiger partial charge in [-0.25, -0.2) is 0 Å². The van der Waals surface area contributed by atoms with Gasteiger partial charge in [0.25, 0.3) is 5.56 Å². The molecular formula is C10H12F3NO. The molecule has 1 rings (SSSR count). The molecule has 1 aromatic heterocycles. The quantitative estimate of drug-likeness (QED) is 0.749. The van der Waals surface area contributed by atoms with E-state index in [9.17, 15) is 18.0 Å². The number of hydrogen-bond donors (Lipinski definition) is 0. The molecule has 0 saturated heterocycles. The molecule has 1 aromatic rings. The van der Waals surface area contributed by atoms with Crippen molar-refractivity contribution in [2.24, 2.45) is 0 Å². The van der Waals surface area contributed by atoms with Crippen LogP contribution in [0.2, 0.25) is 0 Å². The average molecular weight is 219 g/mol. The first-order valence-corrected chi connectivity index (χ1v) is 4.57. The maximum absolute atomic E-state index is 12.1. The standard InChI is InChI=1S/C10H12F3NO/c1-7(2)8-3-4-9(15)14(5-8)6-10(11,12)13/h3-5,7H,6H2,1-2H3. The van der Waals surface area contributed by atoms with E-state index in [1.807, 2.05) is 13.8 Å². The maximum atomic E-state index is 12.1. The first-order valence-electron chi connectivity index (χ1n) is 4.57. The summed E-state index contributed by atoms with van der Waals surface area (Å²) in [6, 6.07) is 2.72. The lowest BCUT2D eigenvalue weighted by Crippen LogP contribution is -2.27. The molecule has 0 N–H and O–H groups in total. The number of hydrogen-bond acceptors (Lipinski definition) is 1. The van der Waals surface area contributed by atoms with Gasteiger partial charge in [0.15, 0.2) is 0 Å². The van der Waals surface area contributed by atoms with Crippen molar-refractivity contribution in [2.45, 2.75) is 32.5 Å². The van der Waals surface area contributed by atoms with Crippen LogP contribution in [-0.2, 0) is 6.54 Å². The van der Waals surface area contributed by atoms with Gasteiger partial charge in [0.1, 0.15) is 6.54 Å². The van der Waals surface area contributed by atoms with E-state index in [1.165, 1.54) is 12.3 Å². The van der Waals surface area contributed by atoms with E-state index < -0.39 is 18.3 Å². The Bertz CT molecular complexity index is 392. The van der Waals surface area contributed by atoms with E-state index in [2.05, 4.69) is 0 Å². The number of rotatable bonds is 2. The molecular weight excluding hydrogens is 207 g/mol. The van der Waals surface area contributed by atoms with Crippen molar-refractivity contribution in [2.75, 3.05) is 0 Å². The zero-order chi connectivity index (χ0) is 11.6. The summed E-state index contributed by atoms with van der Waals surface area (Å²) in [5.41, 5.74) is 0.0931. The Morgan fingerprint density at radius 2 is 1.93 bits per heavy atom. The lowest BCUT2D eigenvalue weighted by atomic mass is 10.1. The average Bonchev–Trinajstić information content (AvgIpc) is 2.06. The summed E-state index contributed by atoms with van der Waals surface area (Å²) in [6.07, 6.45) is -3.10. The van der Waals surface area contributed by atoms with Gasteiger partial charge in [-0.1, -0.05) is 19.9 Å². The molecule has 15 heavy (non-hydrogen) atoms. The lowest BCUT2D eigenvalue weighted by molar-refractivity contribution is -0.141. The Morgan fingerprint density at radius 1 is 1.33 bits per heavy atom. The minimum absolute atomic E-state index is 0.102. The first-order chi connectivity index (χ1) is 6.79. The number of nitrogens with zero attached hydrogens (tertiary/aromatic N) is 1. The van der Waals surface area contributed by atoms with Crippen LogP contribution in [0, 0.1) is 0 Å². The van der Waals surface area contributed by atoms with E-state index >= 15 is 0 Å². The van der Waals surface area contributed by atoms with Gasteiger partial charge in [0.2, 0.25) is 0 Å². The molecule has 0 atom stereocenters. The van der Waals surface area contributed by atoms with E-state index in [0.717, 1.165) is 5.56 Å². The molecule has 0 bridgehead atoms. The van der Waals surface area contributed by atoms with Gasteiger partial charge in [-0.05, 0) is 11.5 Å². The van der Waals surface area contributed by atoms with Gasteiger partial charge >= 0.3 is 6.18 Å². The summed E-state index contributed by atoms with van der Waals surface area (Å²) in [4.78, 5) is 11.1. The van der Waals surface area contributed by atoms with Crippen LogP contribution in [-0.4, -0.2) is 10.7 Å². The minimum atomic E-state index is -4.36. The van der Waals surface area contributed by atoms with E-state index in [4.69, 9.17) is 0 Å². The van der Waals surface area contributed by atoms with Gasteiger partial charge in [-0.2, -0.15) is 13.2 Å². The molecule has 0 spiro atoms. The Morgan fingerprint density at radius 3 is 2.40 bits per heavy atom. The zero-order valence-corrected chi connectivity index (χ0v) is 8.51. The van der Waals surface area contributed by atoms with Gasteiger partial charge in [0.05, 0.1) is 0 Å². The van der Waals surface area contributed by atoms with Crippen molar-refractivity contribution < 1.29 is 13.2 Å². The van der Waals surface area contributed by atoms with Crippen LogP contribution in [0.15, 0.2) is 23.1 Å². The summed E-state index contributed by atoms with van der Waals surface area (Å²) in [5.74, 6) is 0.102. The molecule has 0 fully saturated rings. The van der Waals surface area contributed by atoms with Gasteiger partial charge in [-0.15, -0.1) is 0 Å². The van der Waals surface area contributed by atoms with Crippen LogP contribution in [0.5, 0.6) is 0 Å². The van der Waals surface area contributed by atoms with E-state index in [-0.39, 0.29) is 5.92 Å². The summed E-state index contributed by atoms with van der Waals surface area (Å²) in [5, 5.41) is 0. The topological polar surface area (TPSA) is 22.0 Å². The van der Waals surface area contributed by atoms with E-state index in [0.29, 0.717) is 4.57 Å². The molecule has 0 saturated carbocycles. The Kier molecular flexibility index (Phi) is 3.21. The fourth-order valence-corrected chi connectivity index (χ4v) is 1.21. The highest BCUT2D eigenvalue weighted by Gasteiger charge is 2.28. The second-order valence-electron chi connectivity index (χ2n) is 3.70. The van der Waals surface area contributed by atoms with Crippen LogP contribution in [0.1, 0.15) is 25.3 Å². The number of alkyl halides is 3. The highest BCUT2D eigenvalue weighted by molar-refractivity contribution is 5.13. The summed E-state index contributed by atoms with van der Waals surface area (Å²) < 4.78 is 37.0. The van der Waals surface area contributed by atoms with Crippen LogP contribution in [0.3, 0.4) is 0 Å². The third-order valence-corrected chi connectivity index (χ3v) is 2.02. The number of aromatic nitrogens is 1. The first kappa shape index (κ1) is 11.8. The second kappa shape index (κ2) is 4.08. The molecule has 0 amide bonds. The molecule has 0 aliphatic heterocycles. The molecule has 0 aliphatic carbocycles. The van der Waals surface area contributed by atoms with Crippen molar-refractivity contribution in [3.05, 3.63) is 34.2 Å². The van der Waals surface area contributed by atoms with E-state index in [1.54, 1.807) is 6.07 Å². The molecule has 0 unspecified atom stereocenters. The predicted octanol–water partition coefficient (Wildman–Crippen LogP) is 2.53. The SMILES string of the molecule is CC(C)c1ccc(=O)n(CC(F)(F)F)c1. The van der Waals surface area contributed by atoms with Crippen molar-refractivity contribution in [3.63, 3.8) is 0 Å². The van der Waals surface area contributed by atoms with Gasteiger partial charge in [-0.3, -0.25) is 4.79 Å². The fourth-order valence-electron chi connectivity index (χ4n) is 1.21. The van der Waals surface area contributed by atoms with Crippen LogP contribution < -0.4 is 5.56 Å². The molecule has 1 heterocycles. The maximum Gasteiger partial charge on any atom is 0.406 e. The second-order valence-corrected chi connectivity index (χ2v) is 3.70. The molecule has 0 aliphatic rings. The largest absolute Gasteiger partial charge is 0.406 e. The van der Waals surface area contributed by atoms with Crippen molar-refractivity contribution in [3.8, 4) is 0 Å². The number of halogens is 3. The molecule has 2 nitrogen and oxygen atoms in total. The van der Waals surface area contributed by atoms with Crippen LogP contribution in [0.4, 0.5) is 13.2 Å². The Hall–Kier alpha value is -1.26. The monoisotopic (exact) mass is 219 g/mol. The predicted molar refractivity (Wildman–Crippen MR) is 50.8 cm³/mol. The third kappa shape index (κ3) is 3.42. The smallest absolute Gasteiger partial charge is 0.306 e. The normalized spacial score (nSPS) is 12.1. The van der Waals surface area contributed by atoms with Gasteiger partial charge in [0, 0.05) is 12.3 Å². The lowest BCUT2D eigenvalue weighted by Gasteiger charge is -2.12. The zero-order valence-electron chi connectivity index (χ0n) is 8.51. The molecule has 0 aromatic carbocycles. The summed E-state index contributed by atoms with van der Waals surface area (Å²) in [6.45, 7) is 2.49. The molecule has 5 heteroatoms. The van der Waals surface area contributed by atoms with Crippen LogP contribution in [0.25, 0.3) is 0 Å². The summed E-state index contributed by atoms with van der Waals surface area (Å²) >= 11 is 0. The Balaban J connectivity index is 3.06. The molecule has 84 valence electrons. The highest BCUT2D eigenvalue weighted by Crippen LogP contribution is 2.18. The van der Waals surface area contributed by atoms with Gasteiger partial charge < -0.3 is 4.57 Å². The number of pyridine rings is 1. The summed E-state index contributed by atoms with van der Waals surface area (Å²) in [7, 11) is 0. The van der Waals surface area contributed by atoms with Crippen molar-refractivity contribution in [1.29, 1.82) is 0 Å². The van der Waals surface area contributed by atoms with Crippen LogP contribution >= 0.6 is 0 Å². The Labute approximate surface area is 85.3 Å². The highest BCUT2D eigenvalue weighted by atomic mass is 19.4.